The molecule has 4 aliphatic carbocycles. The second-order valence-electron chi connectivity index (χ2n) is 11.7. The zero-order chi connectivity index (χ0) is 27.2. The van der Waals surface area contributed by atoms with Gasteiger partial charge in [-0.15, -0.1) is 0 Å². The molecule has 3 nitrogen and oxygen atoms in total. The molecule has 7 unspecified atom stereocenters. The summed E-state index contributed by atoms with van der Waals surface area (Å²) in [5.74, 6) is 3.22. The molecule has 7 atom stereocenters. The lowest BCUT2D eigenvalue weighted by atomic mass is 9.67. The molecule has 4 aliphatic rings. The van der Waals surface area contributed by atoms with Crippen molar-refractivity contribution >= 4 is 21.0 Å². The topological polar surface area (TPSA) is 57.2 Å². The van der Waals surface area contributed by atoms with Crippen molar-refractivity contribution in [3.63, 3.8) is 0 Å². The van der Waals surface area contributed by atoms with Crippen LogP contribution < -0.4 is 0 Å². The predicted octanol–water partition coefficient (Wildman–Crippen LogP) is 7.61. The second kappa shape index (κ2) is 10.6. The van der Waals surface area contributed by atoms with Crippen molar-refractivity contribution in [3.8, 4) is 0 Å². The SMILES string of the molecule is O=S(=O)([O-])C(F)(F)CC1CC2CC1C1C3CCC(C3)C21.c1ccc([S+](c2ccccc2)c2ccccc2)cc1. The predicted molar refractivity (Wildman–Crippen MR) is 148 cm³/mol. The smallest absolute Gasteiger partial charge is 0.334 e. The number of hydrogen-bond acceptors (Lipinski definition) is 3. The molecule has 0 radical (unpaired) electrons. The highest BCUT2D eigenvalue weighted by Crippen LogP contribution is 2.69. The fraction of sp³-hybridized carbons (Fsp3) is 0.438. The molecule has 0 amide bonds. The second-order valence-corrected chi connectivity index (χ2v) is 15.2. The number of hydrogen-bond donors (Lipinski definition) is 0. The van der Waals surface area contributed by atoms with Gasteiger partial charge in [-0.1, -0.05) is 54.6 Å². The third kappa shape index (κ3) is 5.18. The largest absolute Gasteiger partial charge is 0.743 e. The van der Waals surface area contributed by atoms with Crippen molar-refractivity contribution in [2.45, 2.75) is 58.5 Å². The minimum atomic E-state index is -5.52. The highest BCUT2D eigenvalue weighted by molar-refractivity contribution is 7.97. The first-order valence-electron chi connectivity index (χ1n) is 14.0. The van der Waals surface area contributed by atoms with Gasteiger partial charge in [0.25, 0.3) is 0 Å². The molecule has 4 saturated carbocycles. The van der Waals surface area contributed by atoms with Gasteiger partial charge in [-0.3, -0.25) is 0 Å². The first-order chi connectivity index (χ1) is 18.7. The maximum absolute atomic E-state index is 13.5. The summed E-state index contributed by atoms with van der Waals surface area (Å²) in [6, 6.07) is 32.2. The zero-order valence-electron chi connectivity index (χ0n) is 21.7. The van der Waals surface area contributed by atoms with Crippen LogP contribution in [0.5, 0.6) is 0 Å². The Hall–Kier alpha value is -2.22. The van der Waals surface area contributed by atoms with Gasteiger partial charge in [0.05, 0.1) is 10.9 Å². The van der Waals surface area contributed by atoms with Crippen LogP contribution in [0.4, 0.5) is 8.78 Å². The van der Waals surface area contributed by atoms with Crippen LogP contribution in [0.3, 0.4) is 0 Å². The molecule has 0 heterocycles. The summed E-state index contributed by atoms with van der Waals surface area (Å²) < 4.78 is 59.2. The first kappa shape index (κ1) is 27.0. The molecule has 0 aromatic heterocycles. The fourth-order valence-corrected chi connectivity index (χ4v) is 10.9. The Morgan fingerprint density at radius 1 is 0.692 bits per heavy atom. The third-order valence-corrected chi connectivity index (χ3v) is 12.8. The highest BCUT2D eigenvalue weighted by atomic mass is 32.2. The summed E-state index contributed by atoms with van der Waals surface area (Å²) >= 11 is 0. The maximum Gasteiger partial charge on any atom is 0.334 e. The van der Waals surface area contributed by atoms with Crippen molar-refractivity contribution in [1.82, 2.24) is 0 Å². The number of fused-ring (bicyclic) bond motifs is 9. The van der Waals surface area contributed by atoms with Gasteiger partial charge in [-0.2, -0.15) is 8.78 Å². The van der Waals surface area contributed by atoms with Crippen LogP contribution in [0, 0.1) is 41.4 Å². The van der Waals surface area contributed by atoms with Crippen LogP contribution in [0.1, 0.15) is 38.5 Å². The summed E-state index contributed by atoms with van der Waals surface area (Å²) in [6.45, 7) is 0. The van der Waals surface area contributed by atoms with E-state index in [1.807, 2.05) is 0 Å². The van der Waals surface area contributed by atoms with Gasteiger partial charge in [0, 0.05) is 6.42 Å². The van der Waals surface area contributed by atoms with Crippen molar-refractivity contribution < 1.29 is 21.8 Å². The fourth-order valence-electron chi connectivity index (χ4n) is 8.42. The van der Waals surface area contributed by atoms with E-state index in [2.05, 4.69) is 91.0 Å². The van der Waals surface area contributed by atoms with Crippen LogP contribution in [0.2, 0.25) is 0 Å². The quantitative estimate of drug-likeness (QED) is 0.175. The summed E-state index contributed by atoms with van der Waals surface area (Å²) in [4.78, 5) is 4.08. The molecule has 4 bridgehead atoms. The van der Waals surface area contributed by atoms with E-state index in [1.54, 1.807) is 0 Å². The monoisotopic (exact) mass is 568 g/mol. The molecular weight excluding hydrogens is 534 g/mol. The number of benzene rings is 3. The molecule has 206 valence electrons. The summed E-state index contributed by atoms with van der Waals surface area (Å²) in [6.07, 6.45) is 4.72. The molecule has 0 N–H and O–H groups in total. The van der Waals surface area contributed by atoms with Gasteiger partial charge in [-0.25, -0.2) is 8.42 Å². The van der Waals surface area contributed by atoms with Gasteiger partial charge < -0.3 is 4.55 Å². The molecule has 0 spiro atoms. The molecule has 7 heteroatoms. The van der Waals surface area contributed by atoms with Crippen LogP contribution in [-0.4, -0.2) is 18.2 Å². The standard InChI is InChI=1S/C18H15S.C14H20F2O3S/c1-4-10-16(11-5-1)19(17-12-6-2-7-13-17)18-14-8-3-9-15-18;15-14(16,20(17,18)19)6-10-4-9-5-11(10)13-8-2-1-7(3-8)12(9)13/h1-15H;7-13H,1-6H2,(H,17,18,19)/q+1;/p-1. The molecular formula is C32H34F2O3S2. The van der Waals surface area contributed by atoms with Crippen molar-refractivity contribution in [2.24, 2.45) is 41.4 Å². The van der Waals surface area contributed by atoms with Crippen LogP contribution in [0.15, 0.2) is 106 Å². The van der Waals surface area contributed by atoms with E-state index in [0.29, 0.717) is 30.1 Å². The first-order valence-corrected chi connectivity index (χ1v) is 16.6. The van der Waals surface area contributed by atoms with Crippen molar-refractivity contribution in [2.75, 3.05) is 0 Å². The van der Waals surface area contributed by atoms with Crippen molar-refractivity contribution in [1.29, 1.82) is 0 Å². The lowest BCUT2D eigenvalue weighted by molar-refractivity contribution is 0.0178. The van der Waals surface area contributed by atoms with Gasteiger partial charge in [-0.05, 0) is 110 Å². The molecule has 4 fully saturated rings. The average Bonchev–Trinajstić information content (AvgIpc) is 3.71. The average molecular weight is 569 g/mol. The van der Waals surface area contributed by atoms with Gasteiger partial charge in [0.1, 0.15) is 0 Å². The minimum Gasteiger partial charge on any atom is -0.743 e. The lowest BCUT2D eigenvalue weighted by Crippen LogP contribution is -2.37. The number of rotatable bonds is 6. The lowest BCUT2D eigenvalue weighted by Gasteiger charge is -2.39. The molecule has 7 rings (SSSR count). The Balaban J connectivity index is 0.000000142. The van der Waals surface area contributed by atoms with E-state index < -0.39 is 21.8 Å². The zero-order valence-corrected chi connectivity index (χ0v) is 23.4. The van der Waals surface area contributed by atoms with Gasteiger partial charge in [0.2, 0.25) is 0 Å². The maximum atomic E-state index is 13.5. The van der Waals surface area contributed by atoms with Gasteiger partial charge >= 0.3 is 5.25 Å². The third-order valence-electron chi connectivity index (χ3n) is 9.67. The molecule has 0 aliphatic heterocycles. The molecule has 3 aromatic carbocycles. The Bertz CT molecular complexity index is 1270. The molecule has 0 saturated heterocycles. The van der Waals surface area contributed by atoms with E-state index in [9.17, 15) is 21.8 Å². The Labute approximate surface area is 233 Å². The normalized spacial score (nSPS) is 30.7. The Morgan fingerprint density at radius 3 is 1.62 bits per heavy atom. The number of alkyl halides is 2. The highest BCUT2D eigenvalue weighted by Gasteiger charge is 2.63. The Kier molecular flexibility index (Phi) is 7.36. The summed E-state index contributed by atoms with van der Waals surface area (Å²) in [5.41, 5.74) is 0. The minimum absolute atomic E-state index is 0.0146. The molecule has 3 aromatic rings. The summed E-state index contributed by atoms with van der Waals surface area (Å²) in [5, 5.41) is -4.09. The van der Waals surface area contributed by atoms with E-state index in [1.165, 1.54) is 33.9 Å². The number of halogens is 2. The molecule has 39 heavy (non-hydrogen) atoms. The van der Waals surface area contributed by atoms with E-state index in [-0.39, 0.29) is 22.7 Å². The van der Waals surface area contributed by atoms with Crippen LogP contribution in [-0.2, 0) is 21.0 Å². The van der Waals surface area contributed by atoms with Crippen LogP contribution >= 0.6 is 0 Å². The van der Waals surface area contributed by atoms with E-state index in [4.69, 9.17) is 0 Å². The van der Waals surface area contributed by atoms with E-state index >= 15 is 0 Å². The van der Waals surface area contributed by atoms with Gasteiger partial charge in [0.15, 0.2) is 24.8 Å². The Morgan fingerprint density at radius 2 is 1.15 bits per heavy atom. The van der Waals surface area contributed by atoms with Crippen LogP contribution in [0.25, 0.3) is 0 Å². The van der Waals surface area contributed by atoms with E-state index in [0.717, 1.165) is 12.3 Å². The summed E-state index contributed by atoms with van der Waals surface area (Å²) in [7, 11) is -5.54. The van der Waals surface area contributed by atoms with Crippen molar-refractivity contribution in [3.05, 3.63) is 91.0 Å².